The predicted octanol–water partition coefficient (Wildman–Crippen LogP) is 4.52. The van der Waals surface area contributed by atoms with E-state index in [0.29, 0.717) is 27.2 Å². The zero-order valence-electron chi connectivity index (χ0n) is 12.8. The summed E-state index contributed by atoms with van der Waals surface area (Å²) in [6, 6.07) is 12.7. The van der Waals surface area contributed by atoms with Gasteiger partial charge in [0.05, 0.1) is 11.1 Å². The fourth-order valence-electron chi connectivity index (χ4n) is 2.48. The first-order valence-electron chi connectivity index (χ1n) is 7.15. The molecular weight excluding hydrogens is 312 g/mol. The molecule has 0 saturated heterocycles. The quantitative estimate of drug-likeness (QED) is 0.753. The van der Waals surface area contributed by atoms with Crippen LogP contribution in [0.15, 0.2) is 48.7 Å². The van der Waals surface area contributed by atoms with Crippen LogP contribution in [0, 0.1) is 6.92 Å². The van der Waals surface area contributed by atoms with Gasteiger partial charge in [0.15, 0.2) is 0 Å². The van der Waals surface area contributed by atoms with Crippen LogP contribution >= 0.6 is 11.6 Å². The number of carbonyl (C=O) groups is 2. The topological polar surface area (TPSA) is 51.1 Å². The van der Waals surface area contributed by atoms with Crippen molar-refractivity contribution in [2.24, 2.45) is 0 Å². The first-order chi connectivity index (χ1) is 11.0. The van der Waals surface area contributed by atoms with Crippen LogP contribution in [0.2, 0.25) is 5.02 Å². The van der Waals surface area contributed by atoms with Gasteiger partial charge >= 0.3 is 0 Å². The highest BCUT2D eigenvalue weighted by atomic mass is 35.5. The van der Waals surface area contributed by atoms with E-state index < -0.39 is 0 Å². The van der Waals surface area contributed by atoms with Gasteiger partial charge in [-0.15, -0.1) is 0 Å². The number of hydrogen-bond acceptors (Lipinski definition) is 2. The molecule has 3 aromatic rings. The second kappa shape index (κ2) is 5.89. The van der Waals surface area contributed by atoms with Crippen LogP contribution in [0.1, 0.15) is 27.6 Å². The maximum atomic E-state index is 12.6. The van der Waals surface area contributed by atoms with E-state index in [9.17, 15) is 9.59 Å². The minimum absolute atomic E-state index is 0.160. The third-order valence-electron chi connectivity index (χ3n) is 3.66. The molecule has 0 bridgehead atoms. The van der Waals surface area contributed by atoms with Crippen LogP contribution < -0.4 is 5.32 Å². The van der Waals surface area contributed by atoms with E-state index in [0.717, 1.165) is 5.56 Å². The van der Waals surface area contributed by atoms with Crippen LogP contribution in [-0.2, 0) is 0 Å². The molecule has 0 fully saturated rings. The van der Waals surface area contributed by atoms with Gasteiger partial charge in [0.25, 0.3) is 5.91 Å². The van der Waals surface area contributed by atoms with Gasteiger partial charge in [-0.3, -0.25) is 14.2 Å². The van der Waals surface area contributed by atoms with Gasteiger partial charge in [-0.05, 0) is 37.3 Å². The van der Waals surface area contributed by atoms with Crippen molar-refractivity contribution in [1.82, 2.24) is 4.57 Å². The Morgan fingerprint density at radius 2 is 1.78 bits per heavy atom. The van der Waals surface area contributed by atoms with E-state index in [1.54, 1.807) is 24.4 Å². The molecule has 0 aliphatic heterocycles. The average Bonchev–Trinajstić information content (AvgIpc) is 2.88. The lowest BCUT2D eigenvalue weighted by Crippen LogP contribution is -2.11. The second-order valence-corrected chi connectivity index (χ2v) is 5.85. The minimum atomic E-state index is -0.277. The lowest BCUT2D eigenvalue weighted by atomic mass is 10.1. The molecule has 23 heavy (non-hydrogen) atoms. The zero-order chi connectivity index (χ0) is 16.6. The van der Waals surface area contributed by atoms with E-state index in [4.69, 9.17) is 11.6 Å². The summed E-state index contributed by atoms with van der Waals surface area (Å²) in [6.45, 7) is 3.43. The maximum Gasteiger partial charge on any atom is 0.257 e. The van der Waals surface area contributed by atoms with E-state index in [-0.39, 0.29) is 11.8 Å². The van der Waals surface area contributed by atoms with Gasteiger partial charge in [-0.2, -0.15) is 0 Å². The summed E-state index contributed by atoms with van der Waals surface area (Å²) in [5.41, 5.74) is 2.89. The largest absolute Gasteiger partial charge is 0.322 e. The SMILES string of the molecule is CC(=O)n1cc(C(=O)Nc2ccc(C)cc2)c2cc(Cl)ccc21. The molecule has 4 nitrogen and oxygen atoms in total. The average molecular weight is 327 g/mol. The maximum absolute atomic E-state index is 12.6. The third-order valence-corrected chi connectivity index (χ3v) is 3.89. The first kappa shape index (κ1) is 15.3. The number of benzene rings is 2. The normalized spacial score (nSPS) is 10.7. The number of amides is 1. The minimum Gasteiger partial charge on any atom is -0.322 e. The smallest absolute Gasteiger partial charge is 0.257 e. The third kappa shape index (κ3) is 2.98. The number of nitrogens with one attached hydrogen (secondary N) is 1. The van der Waals surface area contributed by atoms with Gasteiger partial charge < -0.3 is 5.32 Å². The molecule has 1 N–H and O–H groups in total. The predicted molar refractivity (Wildman–Crippen MR) is 92.4 cm³/mol. The Hall–Kier alpha value is -2.59. The van der Waals surface area contributed by atoms with Crippen LogP contribution in [0.3, 0.4) is 0 Å². The molecule has 5 heteroatoms. The highest BCUT2D eigenvalue weighted by Crippen LogP contribution is 2.26. The summed E-state index contributed by atoms with van der Waals surface area (Å²) in [7, 11) is 0. The number of rotatable bonds is 2. The van der Waals surface area contributed by atoms with Crippen molar-refractivity contribution < 1.29 is 9.59 Å². The monoisotopic (exact) mass is 326 g/mol. The molecule has 2 aromatic carbocycles. The molecular formula is C18H15ClN2O2. The number of aryl methyl sites for hydroxylation is 1. The molecule has 0 unspecified atom stereocenters. The Morgan fingerprint density at radius 3 is 2.43 bits per heavy atom. The highest BCUT2D eigenvalue weighted by Gasteiger charge is 2.17. The second-order valence-electron chi connectivity index (χ2n) is 5.41. The van der Waals surface area contributed by atoms with Crippen molar-refractivity contribution in [3.05, 3.63) is 64.8 Å². The molecule has 1 heterocycles. The van der Waals surface area contributed by atoms with Crippen LogP contribution in [0.5, 0.6) is 0 Å². The van der Waals surface area contributed by atoms with Gasteiger partial charge in [0, 0.05) is 29.2 Å². The molecule has 1 amide bonds. The van der Waals surface area contributed by atoms with Gasteiger partial charge in [0.2, 0.25) is 5.91 Å². The van der Waals surface area contributed by atoms with E-state index in [1.807, 2.05) is 31.2 Å². The molecule has 0 radical (unpaired) electrons. The zero-order valence-corrected chi connectivity index (χ0v) is 13.5. The van der Waals surface area contributed by atoms with Gasteiger partial charge in [0.1, 0.15) is 0 Å². The van der Waals surface area contributed by atoms with Crippen molar-refractivity contribution >= 4 is 40.0 Å². The Morgan fingerprint density at radius 1 is 1.09 bits per heavy atom. The Balaban J connectivity index is 2.04. The number of carbonyl (C=O) groups excluding carboxylic acids is 2. The number of fused-ring (bicyclic) bond motifs is 1. The van der Waals surface area contributed by atoms with Crippen LogP contribution in [-0.4, -0.2) is 16.4 Å². The van der Waals surface area contributed by atoms with E-state index in [1.165, 1.54) is 11.5 Å². The summed E-state index contributed by atoms with van der Waals surface area (Å²) in [6.07, 6.45) is 1.55. The summed E-state index contributed by atoms with van der Waals surface area (Å²) in [5.74, 6) is -0.437. The number of aromatic nitrogens is 1. The summed E-state index contributed by atoms with van der Waals surface area (Å²) in [4.78, 5) is 24.4. The number of halogens is 1. The number of nitrogens with zero attached hydrogens (tertiary/aromatic N) is 1. The van der Waals surface area contributed by atoms with Crippen LogP contribution in [0.25, 0.3) is 10.9 Å². The van der Waals surface area contributed by atoms with Gasteiger partial charge in [-0.1, -0.05) is 29.3 Å². The fourth-order valence-corrected chi connectivity index (χ4v) is 2.65. The van der Waals surface area contributed by atoms with Crippen LogP contribution in [0.4, 0.5) is 5.69 Å². The molecule has 0 spiro atoms. The fraction of sp³-hybridized carbons (Fsp3) is 0.111. The van der Waals surface area contributed by atoms with Crippen molar-refractivity contribution in [3.8, 4) is 0 Å². The summed E-state index contributed by atoms with van der Waals surface area (Å²) in [5, 5.41) is 4.01. The summed E-state index contributed by atoms with van der Waals surface area (Å²) >= 11 is 6.04. The molecule has 3 rings (SSSR count). The first-order valence-corrected chi connectivity index (χ1v) is 7.53. The molecule has 0 saturated carbocycles. The Labute approximate surface area is 138 Å². The van der Waals surface area contributed by atoms with Gasteiger partial charge in [-0.25, -0.2) is 0 Å². The van der Waals surface area contributed by atoms with Crippen molar-refractivity contribution in [2.45, 2.75) is 13.8 Å². The molecule has 0 aliphatic carbocycles. The van der Waals surface area contributed by atoms with E-state index in [2.05, 4.69) is 5.32 Å². The molecule has 116 valence electrons. The lowest BCUT2D eigenvalue weighted by molar-refractivity contribution is 0.0941. The molecule has 0 atom stereocenters. The standard InChI is InChI=1S/C18H15ClN2O2/c1-11-3-6-14(7-4-11)20-18(23)16-10-21(12(2)22)17-8-5-13(19)9-15(16)17/h3-10H,1-2H3,(H,20,23). The van der Waals surface area contributed by atoms with Crippen molar-refractivity contribution in [1.29, 1.82) is 0 Å². The van der Waals surface area contributed by atoms with Crippen molar-refractivity contribution in [2.75, 3.05) is 5.32 Å². The number of hydrogen-bond donors (Lipinski definition) is 1. The Kier molecular flexibility index (Phi) is 3.92. The highest BCUT2D eigenvalue weighted by molar-refractivity contribution is 6.31. The molecule has 0 aliphatic rings. The number of anilines is 1. The Bertz CT molecular complexity index is 911. The summed E-state index contributed by atoms with van der Waals surface area (Å²) < 4.78 is 1.45. The van der Waals surface area contributed by atoms with Crippen molar-refractivity contribution in [3.63, 3.8) is 0 Å². The van der Waals surface area contributed by atoms with E-state index >= 15 is 0 Å². The molecule has 1 aromatic heterocycles. The lowest BCUT2D eigenvalue weighted by Gasteiger charge is -2.04.